The molecule has 0 saturated heterocycles. The molecule has 0 aliphatic rings. The monoisotopic (exact) mass is 250 g/mol. The van der Waals surface area contributed by atoms with Gasteiger partial charge in [0.05, 0.1) is 23.9 Å². The average Bonchev–Trinajstić information content (AvgIpc) is 2.89. The highest BCUT2D eigenvalue weighted by molar-refractivity contribution is 5.62. The maximum Gasteiger partial charge on any atom is 0.123 e. The number of pyridine rings is 1. The Balaban J connectivity index is 2.13. The molecule has 4 heteroatoms. The second kappa shape index (κ2) is 4.57. The molecule has 0 radical (unpaired) electrons. The summed E-state index contributed by atoms with van der Waals surface area (Å²) < 4.78 is 2.06. The van der Waals surface area contributed by atoms with Gasteiger partial charge in [-0.3, -0.25) is 4.57 Å². The van der Waals surface area contributed by atoms with Crippen molar-refractivity contribution >= 4 is 5.82 Å². The smallest absolute Gasteiger partial charge is 0.123 e. The molecule has 0 atom stereocenters. The van der Waals surface area contributed by atoms with Crippen molar-refractivity contribution in [2.45, 2.75) is 6.92 Å². The van der Waals surface area contributed by atoms with Gasteiger partial charge in [0.25, 0.3) is 0 Å². The predicted molar refractivity (Wildman–Crippen MR) is 75.9 cm³/mol. The van der Waals surface area contributed by atoms with Gasteiger partial charge < -0.3 is 5.73 Å². The minimum Gasteiger partial charge on any atom is -0.384 e. The van der Waals surface area contributed by atoms with E-state index in [1.165, 1.54) is 5.56 Å². The lowest BCUT2D eigenvalue weighted by Crippen LogP contribution is -1.98. The summed E-state index contributed by atoms with van der Waals surface area (Å²) >= 11 is 0. The van der Waals surface area contributed by atoms with E-state index in [1.54, 1.807) is 12.3 Å². The lowest BCUT2D eigenvalue weighted by molar-refractivity contribution is 1.04. The van der Waals surface area contributed by atoms with E-state index in [9.17, 15) is 0 Å². The lowest BCUT2D eigenvalue weighted by atomic mass is 10.1. The van der Waals surface area contributed by atoms with Crippen molar-refractivity contribution in [1.29, 1.82) is 0 Å². The van der Waals surface area contributed by atoms with Crippen LogP contribution in [0.5, 0.6) is 0 Å². The molecular formula is C15H14N4. The van der Waals surface area contributed by atoms with Gasteiger partial charge in [-0.25, -0.2) is 9.97 Å². The number of imidazole rings is 1. The zero-order valence-electron chi connectivity index (χ0n) is 10.6. The summed E-state index contributed by atoms with van der Waals surface area (Å²) in [6.45, 7) is 2.08. The standard InChI is InChI=1S/C15H14N4/c1-11-4-2-3-5-13(11)19-10-17-9-14(19)12-6-7-15(16)18-8-12/h2-10H,1H3,(H2,16,18). The highest BCUT2D eigenvalue weighted by Crippen LogP contribution is 2.24. The number of hydrogen-bond donors (Lipinski definition) is 1. The molecular weight excluding hydrogens is 236 g/mol. The maximum absolute atomic E-state index is 5.62. The molecule has 4 nitrogen and oxygen atoms in total. The van der Waals surface area contributed by atoms with Crippen molar-refractivity contribution in [2.24, 2.45) is 0 Å². The van der Waals surface area contributed by atoms with Crippen LogP contribution in [0.15, 0.2) is 55.1 Å². The minimum atomic E-state index is 0.519. The van der Waals surface area contributed by atoms with E-state index in [0.29, 0.717) is 5.82 Å². The fourth-order valence-electron chi connectivity index (χ4n) is 2.09. The fraction of sp³-hybridized carbons (Fsp3) is 0.0667. The number of para-hydroxylation sites is 1. The van der Waals surface area contributed by atoms with E-state index in [-0.39, 0.29) is 0 Å². The van der Waals surface area contributed by atoms with Crippen LogP contribution in [0.4, 0.5) is 5.82 Å². The van der Waals surface area contributed by atoms with Crippen LogP contribution in [0.25, 0.3) is 16.9 Å². The molecule has 0 aliphatic heterocycles. The van der Waals surface area contributed by atoms with Crippen LogP contribution in [-0.4, -0.2) is 14.5 Å². The fourth-order valence-corrected chi connectivity index (χ4v) is 2.09. The third-order valence-corrected chi connectivity index (χ3v) is 3.10. The van der Waals surface area contributed by atoms with Gasteiger partial charge in [0.2, 0.25) is 0 Å². The van der Waals surface area contributed by atoms with E-state index >= 15 is 0 Å². The van der Waals surface area contributed by atoms with Crippen molar-refractivity contribution in [3.05, 3.63) is 60.7 Å². The Kier molecular flexibility index (Phi) is 2.76. The number of aromatic nitrogens is 3. The van der Waals surface area contributed by atoms with E-state index in [4.69, 9.17) is 5.73 Å². The molecule has 0 unspecified atom stereocenters. The van der Waals surface area contributed by atoms with Gasteiger partial charge in [-0.05, 0) is 30.7 Å². The largest absolute Gasteiger partial charge is 0.384 e. The number of benzene rings is 1. The van der Waals surface area contributed by atoms with E-state index in [2.05, 4.69) is 33.6 Å². The number of hydrogen-bond acceptors (Lipinski definition) is 3. The number of nitrogens with zero attached hydrogens (tertiary/aromatic N) is 3. The first-order valence-corrected chi connectivity index (χ1v) is 6.06. The molecule has 2 N–H and O–H groups in total. The lowest BCUT2D eigenvalue weighted by Gasteiger charge is -2.10. The normalized spacial score (nSPS) is 10.6. The highest BCUT2D eigenvalue weighted by Gasteiger charge is 2.08. The molecule has 0 saturated carbocycles. The SMILES string of the molecule is Cc1ccccc1-n1cncc1-c1ccc(N)nc1. The summed E-state index contributed by atoms with van der Waals surface area (Å²) in [5.41, 5.74) is 9.93. The van der Waals surface area contributed by atoms with Gasteiger partial charge in [-0.2, -0.15) is 0 Å². The molecule has 19 heavy (non-hydrogen) atoms. The van der Waals surface area contributed by atoms with Crippen LogP contribution in [0.3, 0.4) is 0 Å². The molecule has 1 aromatic carbocycles. The predicted octanol–water partition coefficient (Wildman–Crippen LogP) is 2.82. The molecule has 0 aliphatic carbocycles. The van der Waals surface area contributed by atoms with Crippen molar-refractivity contribution in [1.82, 2.24) is 14.5 Å². The van der Waals surface area contributed by atoms with Crippen molar-refractivity contribution < 1.29 is 0 Å². The first kappa shape index (κ1) is 11.5. The summed E-state index contributed by atoms with van der Waals surface area (Å²) in [5.74, 6) is 0.519. The van der Waals surface area contributed by atoms with Crippen molar-refractivity contribution in [3.63, 3.8) is 0 Å². The molecule has 94 valence electrons. The van der Waals surface area contributed by atoms with Gasteiger partial charge in [-0.1, -0.05) is 18.2 Å². The van der Waals surface area contributed by atoms with E-state index in [1.807, 2.05) is 30.7 Å². The zero-order valence-corrected chi connectivity index (χ0v) is 10.6. The first-order chi connectivity index (χ1) is 9.25. The summed E-state index contributed by atoms with van der Waals surface area (Å²) in [6, 6.07) is 12.0. The first-order valence-electron chi connectivity index (χ1n) is 6.06. The summed E-state index contributed by atoms with van der Waals surface area (Å²) in [4.78, 5) is 8.37. The van der Waals surface area contributed by atoms with Crippen LogP contribution in [-0.2, 0) is 0 Å². The average molecular weight is 250 g/mol. The quantitative estimate of drug-likeness (QED) is 0.760. The Hall–Kier alpha value is -2.62. The molecule has 3 aromatic rings. The summed E-state index contributed by atoms with van der Waals surface area (Å²) in [7, 11) is 0. The molecule has 3 rings (SSSR count). The maximum atomic E-state index is 5.62. The topological polar surface area (TPSA) is 56.7 Å². The van der Waals surface area contributed by atoms with Crippen molar-refractivity contribution in [2.75, 3.05) is 5.73 Å². The Bertz CT molecular complexity index is 698. The zero-order chi connectivity index (χ0) is 13.2. The van der Waals surface area contributed by atoms with Gasteiger partial charge in [0.15, 0.2) is 0 Å². The molecule has 0 spiro atoms. The number of nitrogen functional groups attached to an aromatic ring is 1. The Morgan fingerprint density at radius 2 is 1.89 bits per heavy atom. The van der Waals surface area contributed by atoms with Gasteiger partial charge in [0, 0.05) is 11.8 Å². The second-order valence-corrected chi connectivity index (χ2v) is 4.41. The Morgan fingerprint density at radius 1 is 1.05 bits per heavy atom. The van der Waals surface area contributed by atoms with Gasteiger partial charge in [0.1, 0.15) is 5.82 Å². The van der Waals surface area contributed by atoms with Gasteiger partial charge in [-0.15, -0.1) is 0 Å². The van der Waals surface area contributed by atoms with Crippen molar-refractivity contribution in [3.8, 4) is 16.9 Å². The van der Waals surface area contributed by atoms with Crippen LogP contribution in [0.1, 0.15) is 5.56 Å². The third-order valence-electron chi connectivity index (χ3n) is 3.10. The van der Waals surface area contributed by atoms with Crippen LogP contribution < -0.4 is 5.73 Å². The van der Waals surface area contributed by atoms with E-state index < -0.39 is 0 Å². The number of rotatable bonds is 2. The number of nitrogens with two attached hydrogens (primary N) is 1. The molecule has 2 aromatic heterocycles. The molecule has 0 amide bonds. The second-order valence-electron chi connectivity index (χ2n) is 4.41. The van der Waals surface area contributed by atoms with Crippen LogP contribution >= 0.6 is 0 Å². The third kappa shape index (κ3) is 2.08. The van der Waals surface area contributed by atoms with Crippen LogP contribution in [0.2, 0.25) is 0 Å². The van der Waals surface area contributed by atoms with Crippen LogP contribution in [0, 0.1) is 6.92 Å². The number of anilines is 1. The Morgan fingerprint density at radius 3 is 2.63 bits per heavy atom. The van der Waals surface area contributed by atoms with Gasteiger partial charge >= 0.3 is 0 Å². The number of aryl methyl sites for hydroxylation is 1. The molecule has 0 bridgehead atoms. The minimum absolute atomic E-state index is 0.519. The van der Waals surface area contributed by atoms with E-state index in [0.717, 1.165) is 16.9 Å². The summed E-state index contributed by atoms with van der Waals surface area (Å²) in [5, 5.41) is 0. The molecule has 2 heterocycles. The molecule has 0 fully saturated rings. The highest BCUT2D eigenvalue weighted by atomic mass is 15.1. The Labute approximate surface area is 111 Å². The summed E-state index contributed by atoms with van der Waals surface area (Å²) in [6.07, 6.45) is 5.41.